The van der Waals surface area contributed by atoms with Gasteiger partial charge in [0.05, 0.1) is 0 Å². The number of hydrogen-bond acceptors (Lipinski definition) is 0. The van der Waals surface area contributed by atoms with Crippen LogP contribution in [-0.2, 0) is 0 Å². The van der Waals surface area contributed by atoms with Crippen LogP contribution in [0.4, 0.5) is 0 Å². The lowest BCUT2D eigenvalue weighted by atomic mass is 9.44. The molecule has 1 unspecified atom stereocenters. The fourth-order valence-corrected chi connectivity index (χ4v) is 8.29. The molecule has 4 rings (SSSR count). The lowest BCUT2D eigenvalue weighted by molar-refractivity contribution is -0.108. The zero-order chi connectivity index (χ0) is 16.4. The van der Waals surface area contributed by atoms with Crippen LogP contribution in [0.25, 0.3) is 0 Å². The summed E-state index contributed by atoms with van der Waals surface area (Å²) in [5.41, 5.74) is 2.85. The summed E-state index contributed by atoms with van der Waals surface area (Å²) in [5.74, 6) is 5.94. The van der Waals surface area contributed by atoms with E-state index in [1.165, 1.54) is 57.8 Å². The van der Waals surface area contributed by atoms with Gasteiger partial charge in [-0.15, -0.1) is 0 Å². The lowest BCUT2D eigenvalue weighted by Crippen LogP contribution is -2.53. The second kappa shape index (κ2) is 5.37. The van der Waals surface area contributed by atoms with E-state index in [9.17, 15) is 0 Å². The van der Waals surface area contributed by atoms with Crippen molar-refractivity contribution in [1.82, 2.24) is 0 Å². The summed E-state index contributed by atoms with van der Waals surface area (Å²) in [6, 6.07) is 0. The monoisotopic (exact) mass is 314 g/mol. The highest BCUT2D eigenvalue weighted by Gasteiger charge is 2.59. The van der Waals surface area contributed by atoms with Crippen molar-refractivity contribution in [2.75, 3.05) is 0 Å². The van der Waals surface area contributed by atoms with Gasteiger partial charge in [-0.05, 0) is 104 Å². The molecule has 0 aromatic rings. The van der Waals surface area contributed by atoms with Crippen molar-refractivity contribution < 1.29 is 0 Å². The first-order chi connectivity index (χ1) is 10.9. The fourth-order valence-electron chi connectivity index (χ4n) is 8.29. The molecule has 7 atom stereocenters. The first kappa shape index (κ1) is 16.2. The molecule has 4 aliphatic rings. The Morgan fingerprint density at radius 1 is 0.913 bits per heavy atom. The van der Waals surface area contributed by atoms with Crippen molar-refractivity contribution in [3.63, 3.8) is 0 Å². The lowest BCUT2D eigenvalue weighted by Gasteiger charge is -2.61. The van der Waals surface area contributed by atoms with Crippen LogP contribution in [0.1, 0.15) is 85.5 Å². The molecule has 4 saturated carbocycles. The maximum absolute atomic E-state index is 4.33. The van der Waals surface area contributed by atoms with Crippen molar-refractivity contribution >= 4 is 0 Å². The van der Waals surface area contributed by atoms with Crippen molar-refractivity contribution in [2.24, 2.45) is 46.3 Å². The summed E-state index contributed by atoms with van der Waals surface area (Å²) in [6.07, 6.45) is 13.2. The molecular weight excluding hydrogens is 276 g/mol. The van der Waals surface area contributed by atoms with Gasteiger partial charge in [-0.3, -0.25) is 0 Å². The highest BCUT2D eigenvalue weighted by atomic mass is 14.6. The number of hydrogen-bond donors (Lipinski definition) is 0. The van der Waals surface area contributed by atoms with E-state index in [0.717, 1.165) is 35.5 Å². The first-order valence-electron chi connectivity index (χ1n) is 10.5. The second-order valence-electron chi connectivity index (χ2n) is 10.6. The maximum Gasteiger partial charge on any atom is -0.0260 e. The second-order valence-corrected chi connectivity index (χ2v) is 10.6. The van der Waals surface area contributed by atoms with Gasteiger partial charge in [-0.1, -0.05) is 39.8 Å². The van der Waals surface area contributed by atoms with Gasteiger partial charge in [-0.2, -0.15) is 0 Å². The average molecular weight is 315 g/mol. The van der Waals surface area contributed by atoms with E-state index in [4.69, 9.17) is 0 Å². The van der Waals surface area contributed by atoms with E-state index < -0.39 is 0 Å². The quantitative estimate of drug-likeness (QED) is 0.464. The fraction of sp³-hybridized carbons (Fsp3) is 0.913. The zero-order valence-electron chi connectivity index (χ0n) is 16.0. The maximum atomic E-state index is 4.33. The molecule has 0 aliphatic heterocycles. The number of fused-ring (bicyclic) bond motifs is 5. The summed E-state index contributed by atoms with van der Waals surface area (Å²) in [4.78, 5) is 0. The molecule has 0 aromatic carbocycles. The molecule has 0 N–H and O–H groups in total. The molecule has 23 heavy (non-hydrogen) atoms. The molecule has 0 spiro atoms. The Morgan fingerprint density at radius 3 is 2.39 bits per heavy atom. The zero-order valence-corrected chi connectivity index (χ0v) is 16.0. The summed E-state index contributed by atoms with van der Waals surface area (Å²) in [6.45, 7) is 14.7. The minimum atomic E-state index is 0.640. The molecule has 130 valence electrons. The largest absolute Gasteiger partial charge is 0.0999 e. The molecule has 0 nitrogen and oxygen atoms in total. The molecule has 0 aromatic heterocycles. The molecule has 0 heteroatoms. The van der Waals surface area contributed by atoms with E-state index in [1.807, 2.05) is 0 Å². The highest BCUT2D eigenvalue weighted by Crippen LogP contribution is 2.68. The van der Waals surface area contributed by atoms with E-state index in [1.54, 1.807) is 5.57 Å². The first-order valence-corrected chi connectivity index (χ1v) is 10.5. The SMILES string of the molecule is C=C1CC[C@]2(C)C3CC[C@]4(C)[C@@H](C(C)C)CC[C@H]4[C@@H]3CC[C@H]2C1. The van der Waals surface area contributed by atoms with Crippen molar-refractivity contribution in [3.8, 4) is 0 Å². The van der Waals surface area contributed by atoms with Crippen LogP contribution in [-0.4, -0.2) is 0 Å². The van der Waals surface area contributed by atoms with Crippen LogP contribution in [0.5, 0.6) is 0 Å². The predicted octanol–water partition coefficient (Wildman–Crippen LogP) is 6.86. The van der Waals surface area contributed by atoms with E-state index in [-0.39, 0.29) is 0 Å². The Hall–Kier alpha value is -0.260. The van der Waals surface area contributed by atoms with Crippen LogP contribution >= 0.6 is 0 Å². The average Bonchev–Trinajstić information content (AvgIpc) is 2.85. The summed E-state index contributed by atoms with van der Waals surface area (Å²) in [5, 5.41) is 0. The van der Waals surface area contributed by atoms with Crippen LogP contribution in [0.2, 0.25) is 0 Å². The predicted molar refractivity (Wildman–Crippen MR) is 99.2 cm³/mol. The van der Waals surface area contributed by atoms with E-state index in [2.05, 4.69) is 34.3 Å². The Morgan fingerprint density at radius 2 is 1.65 bits per heavy atom. The molecule has 4 fully saturated rings. The van der Waals surface area contributed by atoms with Gasteiger partial charge in [0.25, 0.3) is 0 Å². The summed E-state index contributed by atoms with van der Waals surface area (Å²) < 4.78 is 0. The molecule has 0 heterocycles. The van der Waals surface area contributed by atoms with Gasteiger partial charge < -0.3 is 0 Å². The van der Waals surface area contributed by atoms with Gasteiger partial charge in [0.15, 0.2) is 0 Å². The van der Waals surface area contributed by atoms with Crippen molar-refractivity contribution in [1.29, 1.82) is 0 Å². The Labute approximate surface area is 144 Å². The molecule has 0 saturated heterocycles. The highest BCUT2D eigenvalue weighted by molar-refractivity contribution is 5.13. The van der Waals surface area contributed by atoms with Gasteiger partial charge >= 0.3 is 0 Å². The Bertz CT molecular complexity index is 488. The Kier molecular flexibility index (Phi) is 3.79. The third kappa shape index (κ3) is 2.22. The van der Waals surface area contributed by atoms with Crippen LogP contribution in [0.15, 0.2) is 12.2 Å². The molecule has 0 amide bonds. The smallest absolute Gasteiger partial charge is 0.0260 e. The van der Waals surface area contributed by atoms with Gasteiger partial charge in [-0.25, -0.2) is 0 Å². The topological polar surface area (TPSA) is 0 Å². The van der Waals surface area contributed by atoms with Crippen molar-refractivity contribution in [3.05, 3.63) is 12.2 Å². The minimum absolute atomic E-state index is 0.640. The van der Waals surface area contributed by atoms with Gasteiger partial charge in [0.1, 0.15) is 0 Å². The van der Waals surface area contributed by atoms with Crippen molar-refractivity contribution in [2.45, 2.75) is 85.5 Å². The third-order valence-electron chi connectivity index (χ3n) is 9.50. The van der Waals surface area contributed by atoms with Crippen LogP contribution in [0.3, 0.4) is 0 Å². The van der Waals surface area contributed by atoms with E-state index >= 15 is 0 Å². The minimum Gasteiger partial charge on any atom is -0.0999 e. The molecule has 0 radical (unpaired) electrons. The molecular formula is C23H38. The van der Waals surface area contributed by atoms with Gasteiger partial charge in [0, 0.05) is 0 Å². The van der Waals surface area contributed by atoms with Gasteiger partial charge in [0.2, 0.25) is 0 Å². The van der Waals surface area contributed by atoms with E-state index in [0.29, 0.717) is 10.8 Å². The standard InChI is InChI=1S/C23H38/c1-15(2)19-8-9-20-18-7-6-17-14-16(3)10-12-22(17,4)21(18)11-13-23(19,20)5/h15,17-21H,3,6-14H2,1-2,4-5H3/t17-,18-,19+,20-,21?,22-,23+/m0/s1. The number of rotatable bonds is 1. The third-order valence-corrected chi connectivity index (χ3v) is 9.50. The summed E-state index contributed by atoms with van der Waals surface area (Å²) >= 11 is 0. The normalized spacial score (nSPS) is 52.9. The Balaban J connectivity index is 1.61. The van der Waals surface area contributed by atoms with Crippen LogP contribution < -0.4 is 0 Å². The molecule has 0 bridgehead atoms. The molecule has 4 aliphatic carbocycles. The summed E-state index contributed by atoms with van der Waals surface area (Å²) in [7, 11) is 0. The van der Waals surface area contributed by atoms with Crippen LogP contribution in [0, 0.1) is 46.3 Å². The number of allylic oxidation sites excluding steroid dienone is 1.